The highest BCUT2D eigenvalue weighted by molar-refractivity contribution is 7.90. The quantitative estimate of drug-likeness (QED) is 0.409. The van der Waals surface area contributed by atoms with Crippen molar-refractivity contribution in [2.45, 2.75) is 26.3 Å². The maximum Gasteiger partial charge on any atom is 0.573 e. The maximum absolute atomic E-state index is 12.4. The first-order chi connectivity index (χ1) is 11.6. The van der Waals surface area contributed by atoms with E-state index < -0.39 is 16.2 Å². The lowest BCUT2D eigenvalue weighted by Gasteiger charge is -2.13. The Morgan fingerprint density at radius 2 is 1.92 bits per heavy atom. The number of hydrogen-bond donors (Lipinski definition) is 2. The first-order valence-electron chi connectivity index (χ1n) is 7.64. The average Bonchev–Trinajstić information content (AvgIpc) is 2.47. The van der Waals surface area contributed by atoms with E-state index in [1.54, 1.807) is 6.07 Å². The molecule has 0 aliphatic rings. The number of alkyl halides is 3. The zero-order valence-electron chi connectivity index (χ0n) is 14.1. The summed E-state index contributed by atoms with van der Waals surface area (Å²) in [5.74, 6) is 0.131. The van der Waals surface area contributed by atoms with E-state index >= 15 is 0 Å². The Morgan fingerprint density at radius 1 is 1.24 bits per heavy atom. The Hall–Kier alpha value is -1.97. The monoisotopic (exact) mass is 381 g/mol. The number of nitrogens with one attached hydrogen (secondary N) is 2. The summed E-state index contributed by atoms with van der Waals surface area (Å²) in [7, 11) is -3.04. The van der Waals surface area contributed by atoms with Gasteiger partial charge in [0.15, 0.2) is 5.96 Å². The number of halogens is 3. The molecule has 10 heteroatoms. The number of nitrogens with zero attached hydrogens (tertiary/aromatic N) is 1. The number of aliphatic imine (C=N–C) groups is 1. The van der Waals surface area contributed by atoms with Crippen molar-refractivity contribution >= 4 is 15.8 Å². The van der Waals surface area contributed by atoms with Crippen LogP contribution in [0, 0.1) is 0 Å². The van der Waals surface area contributed by atoms with E-state index in [-0.39, 0.29) is 23.6 Å². The van der Waals surface area contributed by atoms with Gasteiger partial charge in [-0.3, -0.25) is 0 Å². The van der Waals surface area contributed by atoms with Gasteiger partial charge in [0, 0.05) is 24.9 Å². The second-order valence-electron chi connectivity index (χ2n) is 5.26. The van der Waals surface area contributed by atoms with Gasteiger partial charge in [-0.05, 0) is 19.4 Å². The summed E-state index contributed by atoms with van der Waals surface area (Å²) in [5.41, 5.74) is 0.285. The van der Waals surface area contributed by atoms with Crippen LogP contribution in [0.15, 0.2) is 29.3 Å². The van der Waals surface area contributed by atoms with Gasteiger partial charge in [0.05, 0.1) is 12.3 Å². The summed E-state index contributed by atoms with van der Waals surface area (Å²) in [5, 5.41) is 5.89. The van der Waals surface area contributed by atoms with Crippen LogP contribution in [0.25, 0.3) is 0 Å². The molecule has 0 unspecified atom stereocenters. The van der Waals surface area contributed by atoms with Gasteiger partial charge in [-0.2, -0.15) is 0 Å². The molecule has 0 aliphatic carbocycles. The highest BCUT2D eigenvalue weighted by Gasteiger charge is 2.31. The second kappa shape index (κ2) is 9.50. The van der Waals surface area contributed by atoms with Crippen LogP contribution in [0.4, 0.5) is 13.2 Å². The van der Waals surface area contributed by atoms with Crippen LogP contribution in [0.5, 0.6) is 5.75 Å². The fraction of sp³-hybridized carbons (Fsp3) is 0.533. The number of hydrogen-bond acceptors (Lipinski definition) is 4. The zero-order valence-corrected chi connectivity index (χ0v) is 14.9. The van der Waals surface area contributed by atoms with Crippen molar-refractivity contribution in [2.24, 2.45) is 4.99 Å². The topological polar surface area (TPSA) is 79.8 Å². The van der Waals surface area contributed by atoms with Gasteiger partial charge in [0.1, 0.15) is 15.6 Å². The Labute approximate surface area is 145 Å². The first kappa shape index (κ1) is 21.1. The van der Waals surface area contributed by atoms with Crippen molar-refractivity contribution in [3.8, 4) is 5.75 Å². The fourth-order valence-electron chi connectivity index (χ4n) is 1.91. The molecule has 0 atom stereocenters. The molecule has 0 aliphatic heterocycles. The number of para-hydroxylation sites is 1. The van der Waals surface area contributed by atoms with Crippen molar-refractivity contribution < 1.29 is 26.3 Å². The normalized spacial score (nSPS) is 12.8. The van der Waals surface area contributed by atoms with Gasteiger partial charge in [0.2, 0.25) is 0 Å². The summed E-state index contributed by atoms with van der Waals surface area (Å²) in [6.07, 6.45) is -3.21. The number of benzene rings is 1. The van der Waals surface area contributed by atoms with Crippen LogP contribution in [0.1, 0.15) is 18.9 Å². The van der Waals surface area contributed by atoms with Crippen LogP contribution in [-0.4, -0.2) is 45.8 Å². The largest absolute Gasteiger partial charge is 0.573 e. The molecule has 0 radical (unpaired) electrons. The highest BCUT2D eigenvalue weighted by Crippen LogP contribution is 2.26. The van der Waals surface area contributed by atoms with Crippen molar-refractivity contribution in [3.63, 3.8) is 0 Å². The minimum absolute atomic E-state index is 0.0202. The lowest BCUT2D eigenvalue weighted by molar-refractivity contribution is -0.274. The maximum atomic E-state index is 12.4. The van der Waals surface area contributed by atoms with Gasteiger partial charge in [0.25, 0.3) is 0 Å². The van der Waals surface area contributed by atoms with Gasteiger partial charge < -0.3 is 15.4 Å². The third-order valence-electron chi connectivity index (χ3n) is 2.93. The molecular weight excluding hydrogens is 359 g/mol. The summed E-state index contributed by atoms with van der Waals surface area (Å²) in [6.45, 7) is 2.75. The number of guanidine groups is 1. The Balaban J connectivity index is 2.71. The van der Waals surface area contributed by atoms with Gasteiger partial charge in [-0.15, -0.1) is 13.2 Å². The molecule has 2 N–H and O–H groups in total. The first-order valence-corrected chi connectivity index (χ1v) is 9.70. The van der Waals surface area contributed by atoms with E-state index in [0.717, 1.165) is 6.26 Å². The summed E-state index contributed by atoms with van der Waals surface area (Å²) < 4.78 is 63.4. The average molecular weight is 381 g/mol. The number of rotatable bonds is 8. The van der Waals surface area contributed by atoms with E-state index in [4.69, 9.17) is 0 Å². The smallest absolute Gasteiger partial charge is 0.405 e. The van der Waals surface area contributed by atoms with E-state index in [1.165, 1.54) is 18.2 Å². The molecule has 0 bridgehead atoms. The highest BCUT2D eigenvalue weighted by atomic mass is 32.2. The van der Waals surface area contributed by atoms with Crippen LogP contribution in [0.2, 0.25) is 0 Å². The van der Waals surface area contributed by atoms with Gasteiger partial charge in [-0.1, -0.05) is 18.2 Å². The molecule has 1 aromatic carbocycles. The molecule has 0 spiro atoms. The predicted molar refractivity (Wildman–Crippen MR) is 90.3 cm³/mol. The van der Waals surface area contributed by atoms with Gasteiger partial charge in [-0.25, -0.2) is 13.4 Å². The minimum Gasteiger partial charge on any atom is -0.405 e. The molecule has 0 saturated carbocycles. The summed E-state index contributed by atoms with van der Waals surface area (Å²) in [6, 6.07) is 5.77. The molecule has 0 fully saturated rings. The molecule has 1 rings (SSSR count). The lowest BCUT2D eigenvalue weighted by Crippen LogP contribution is -2.38. The van der Waals surface area contributed by atoms with Gasteiger partial charge >= 0.3 is 6.36 Å². The van der Waals surface area contributed by atoms with E-state index in [9.17, 15) is 21.6 Å². The predicted octanol–water partition coefficient (Wildman–Crippen LogP) is 2.08. The Bertz CT molecular complexity index is 676. The number of ether oxygens (including phenoxy) is 1. The van der Waals surface area contributed by atoms with Crippen LogP contribution in [0.3, 0.4) is 0 Å². The SMILES string of the molecule is CCNC(=NCc1ccccc1OC(F)(F)F)NCCCS(C)(=O)=O. The molecule has 0 saturated heterocycles. The Kier molecular flexibility index (Phi) is 8.01. The van der Waals surface area contributed by atoms with E-state index in [1.807, 2.05) is 6.92 Å². The standard InChI is InChI=1S/C15H22F3N3O3S/c1-3-19-14(20-9-6-10-25(2,22)23)21-11-12-7-4-5-8-13(12)24-15(16,17)18/h4-5,7-8H,3,6,9-11H2,1-2H3,(H2,19,20,21). The molecular formula is C15H22F3N3O3S. The third-order valence-corrected chi connectivity index (χ3v) is 3.96. The van der Waals surface area contributed by atoms with E-state index in [2.05, 4.69) is 20.4 Å². The van der Waals surface area contributed by atoms with Crippen molar-refractivity contribution in [2.75, 3.05) is 25.1 Å². The summed E-state index contributed by atoms with van der Waals surface area (Å²) >= 11 is 0. The summed E-state index contributed by atoms with van der Waals surface area (Å²) in [4.78, 5) is 4.21. The van der Waals surface area contributed by atoms with E-state index in [0.29, 0.717) is 25.5 Å². The molecule has 25 heavy (non-hydrogen) atoms. The molecule has 0 aromatic heterocycles. The van der Waals surface area contributed by atoms with Crippen molar-refractivity contribution in [1.29, 1.82) is 0 Å². The molecule has 1 aromatic rings. The zero-order chi connectivity index (χ0) is 18.9. The molecule has 6 nitrogen and oxygen atoms in total. The lowest BCUT2D eigenvalue weighted by atomic mass is 10.2. The van der Waals surface area contributed by atoms with Crippen LogP contribution < -0.4 is 15.4 Å². The molecule has 142 valence electrons. The minimum atomic E-state index is -4.77. The fourth-order valence-corrected chi connectivity index (χ4v) is 2.57. The number of sulfone groups is 1. The van der Waals surface area contributed by atoms with Crippen molar-refractivity contribution in [3.05, 3.63) is 29.8 Å². The van der Waals surface area contributed by atoms with Crippen LogP contribution >= 0.6 is 0 Å². The molecule has 0 heterocycles. The molecule has 0 amide bonds. The van der Waals surface area contributed by atoms with Crippen LogP contribution in [-0.2, 0) is 16.4 Å². The third kappa shape index (κ3) is 9.80. The van der Waals surface area contributed by atoms with Crippen molar-refractivity contribution in [1.82, 2.24) is 10.6 Å². The second-order valence-corrected chi connectivity index (χ2v) is 7.52. The Morgan fingerprint density at radius 3 is 2.52 bits per heavy atom.